The Bertz CT molecular complexity index is 1010. The number of aromatic nitrogens is 2. The highest BCUT2D eigenvalue weighted by Gasteiger charge is 2.22. The summed E-state index contributed by atoms with van der Waals surface area (Å²) in [5.41, 5.74) is 8.61. The Morgan fingerprint density at radius 3 is 2.93 bits per heavy atom. The number of nitrogens with two attached hydrogens (primary N) is 1. The van der Waals surface area contributed by atoms with Gasteiger partial charge in [0.15, 0.2) is 5.82 Å². The molecule has 1 aromatic heterocycles. The number of anilines is 2. The second-order valence-electron chi connectivity index (χ2n) is 5.65. The maximum absolute atomic E-state index is 15.2. The van der Waals surface area contributed by atoms with Gasteiger partial charge in [0.1, 0.15) is 5.52 Å². The van der Waals surface area contributed by atoms with Crippen LogP contribution in [-0.2, 0) is 11.9 Å². The van der Waals surface area contributed by atoms with Crippen LogP contribution >= 0.6 is 27.5 Å². The van der Waals surface area contributed by atoms with Crippen molar-refractivity contribution in [2.24, 2.45) is 12.8 Å². The summed E-state index contributed by atoms with van der Waals surface area (Å²) < 4.78 is 17.5. The van der Waals surface area contributed by atoms with Crippen molar-refractivity contribution in [2.75, 3.05) is 18.5 Å². The predicted molar refractivity (Wildman–Crippen MR) is 106 cm³/mol. The van der Waals surface area contributed by atoms with Gasteiger partial charge in [0.25, 0.3) is 5.91 Å². The number of benzene rings is 2. The average Bonchev–Trinajstić information content (AvgIpc) is 3.00. The molecule has 0 spiro atoms. The van der Waals surface area contributed by atoms with Crippen LogP contribution in [0.15, 0.2) is 35.1 Å². The Morgan fingerprint density at radius 1 is 1.44 bits per heavy atom. The Kier molecular flexibility index (Phi) is 5.95. The first-order valence-electron chi connectivity index (χ1n) is 7.90. The number of carbonyl (C=O) groups is 1. The van der Waals surface area contributed by atoms with Gasteiger partial charge >= 0.3 is 0 Å². The molecule has 0 atom stereocenters. The number of hydrogen-bond acceptors (Lipinski definition) is 5. The van der Waals surface area contributed by atoms with Gasteiger partial charge in [-0.3, -0.25) is 9.63 Å². The summed E-state index contributed by atoms with van der Waals surface area (Å²) in [4.78, 5) is 21.6. The minimum atomic E-state index is -0.670. The summed E-state index contributed by atoms with van der Waals surface area (Å²) in [6.07, 6.45) is 1.47. The first kappa shape index (κ1) is 19.6. The van der Waals surface area contributed by atoms with Crippen LogP contribution in [0.3, 0.4) is 0 Å². The van der Waals surface area contributed by atoms with Crippen molar-refractivity contribution < 1.29 is 14.0 Å². The molecule has 0 aliphatic rings. The molecule has 0 fully saturated rings. The molecule has 7 nitrogen and oxygen atoms in total. The highest BCUT2D eigenvalue weighted by Crippen LogP contribution is 2.34. The number of aryl methyl sites for hydroxylation is 1. The van der Waals surface area contributed by atoms with Crippen molar-refractivity contribution in [3.63, 3.8) is 0 Å². The van der Waals surface area contributed by atoms with Crippen molar-refractivity contribution in [2.45, 2.75) is 0 Å². The Labute approximate surface area is 167 Å². The molecule has 0 radical (unpaired) electrons. The van der Waals surface area contributed by atoms with Gasteiger partial charge in [-0.05, 0) is 24.3 Å². The second-order valence-corrected chi connectivity index (χ2v) is 6.98. The lowest BCUT2D eigenvalue weighted by molar-refractivity contribution is 0.0344. The van der Waals surface area contributed by atoms with Crippen molar-refractivity contribution in [3.8, 4) is 0 Å². The second kappa shape index (κ2) is 8.22. The smallest absolute Gasteiger partial charge is 0.277 e. The molecule has 0 unspecified atom stereocenters. The van der Waals surface area contributed by atoms with Crippen molar-refractivity contribution in [1.29, 1.82) is 0 Å². The lowest BCUT2D eigenvalue weighted by atomic mass is 10.1. The Morgan fingerprint density at radius 2 is 2.22 bits per heavy atom. The predicted octanol–water partition coefficient (Wildman–Crippen LogP) is 3.49. The molecular formula is C17H16BrClFN5O2. The molecule has 27 heavy (non-hydrogen) atoms. The third kappa shape index (κ3) is 4.06. The van der Waals surface area contributed by atoms with Crippen LogP contribution in [0.25, 0.3) is 11.0 Å². The zero-order valence-electron chi connectivity index (χ0n) is 14.2. The molecule has 10 heteroatoms. The molecule has 0 saturated heterocycles. The average molecular weight is 457 g/mol. The normalized spacial score (nSPS) is 11.0. The Hall–Kier alpha value is -2.20. The maximum atomic E-state index is 15.2. The fourth-order valence-corrected chi connectivity index (χ4v) is 3.20. The van der Waals surface area contributed by atoms with E-state index in [0.717, 1.165) is 4.47 Å². The van der Waals surface area contributed by atoms with Gasteiger partial charge in [0.2, 0.25) is 0 Å². The molecule has 4 N–H and O–H groups in total. The molecule has 3 rings (SSSR count). The SMILES string of the molecule is Cn1cnc2c(F)c(Nc3ccc(Br)cc3Cl)c(C(=O)NOCCN)cc21. The number of halogens is 3. The van der Waals surface area contributed by atoms with E-state index in [2.05, 4.69) is 31.7 Å². The van der Waals surface area contributed by atoms with Gasteiger partial charge in [0.05, 0.1) is 40.4 Å². The van der Waals surface area contributed by atoms with Crippen molar-refractivity contribution in [3.05, 3.63) is 51.5 Å². The minimum Gasteiger partial charge on any atom is -0.351 e. The summed E-state index contributed by atoms with van der Waals surface area (Å²) in [6.45, 7) is 0.360. The monoisotopic (exact) mass is 455 g/mol. The van der Waals surface area contributed by atoms with Crippen LogP contribution in [0.2, 0.25) is 5.02 Å². The standard InChI is InChI=1S/C17H16BrClFN5O2/c1-25-8-22-16-13(25)7-10(17(26)24-27-5-4-21)15(14(16)20)23-12-3-2-9(18)6-11(12)19/h2-3,6-8,23H,4-5,21H2,1H3,(H,24,26). The molecular weight excluding hydrogens is 441 g/mol. The van der Waals surface area contributed by atoms with E-state index in [9.17, 15) is 4.79 Å². The number of hydrogen-bond donors (Lipinski definition) is 3. The van der Waals surface area contributed by atoms with Crippen LogP contribution in [-0.4, -0.2) is 28.6 Å². The van der Waals surface area contributed by atoms with E-state index in [0.29, 0.717) is 16.2 Å². The van der Waals surface area contributed by atoms with Gasteiger partial charge in [0, 0.05) is 18.1 Å². The quantitative estimate of drug-likeness (QED) is 0.390. The number of amides is 1. The summed E-state index contributed by atoms with van der Waals surface area (Å²) in [7, 11) is 1.71. The molecule has 0 saturated carbocycles. The third-order valence-electron chi connectivity index (χ3n) is 3.78. The fourth-order valence-electron chi connectivity index (χ4n) is 2.48. The molecule has 142 valence electrons. The summed E-state index contributed by atoms with van der Waals surface area (Å²) >= 11 is 9.53. The number of nitrogens with one attached hydrogen (secondary N) is 2. The van der Waals surface area contributed by atoms with Gasteiger partial charge in [-0.15, -0.1) is 0 Å². The molecule has 0 aliphatic heterocycles. The lowest BCUT2D eigenvalue weighted by Gasteiger charge is -2.15. The molecule has 2 aromatic carbocycles. The summed E-state index contributed by atoms with van der Waals surface area (Å²) in [5, 5.41) is 3.25. The van der Waals surface area contributed by atoms with E-state index in [-0.39, 0.29) is 29.9 Å². The van der Waals surface area contributed by atoms with Crippen LogP contribution in [0, 0.1) is 5.82 Å². The minimum absolute atomic E-state index is 0.0413. The molecule has 1 heterocycles. The number of carbonyl (C=O) groups excluding carboxylic acids is 1. The molecule has 1 amide bonds. The van der Waals surface area contributed by atoms with E-state index in [4.69, 9.17) is 22.2 Å². The first-order valence-corrected chi connectivity index (χ1v) is 9.07. The van der Waals surface area contributed by atoms with Crippen LogP contribution in [0.5, 0.6) is 0 Å². The maximum Gasteiger partial charge on any atom is 0.277 e. The number of rotatable bonds is 6. The number of nitrogens with zero attached hydrogens (tertiary/aromatic N) is 2. The summed E-state index contributed by atoms with van der Waals surface area (Å²) in [5.74, 6) is -1.29. The van der Waals surface area contributed by atoms with Crippen LogP contribution in [0.1, 0.15) is 10.4 Å². The first-order chi connectivity index (χ1) is 12.9. The largest absolute Gasteiger partial charge is 0.351 e. The highest BCUT2D eigenvalue weighted by atomic mass is 79.9. The molecule has 0 bridgehead atoms. The molecule has 3 aromatic rings. The van der Waals surface area contributed by atoms with E-state index in [1.165, 1.54) is 12.4 Å². The van der Waals surface area contributed by atoms with Crippen molar-refractivity contribution in [1.82, 2.24) is 15.0 Å². The zero-order valence-corrected chi connectivity index (χ0v) is 16.6. The van der Waals surface area contributed by atoms with Gasteiger partial charge in [-0.25, -0.2) is 14.9 Å². The zero-order chi connectivity index (χ0) is 19.6. The lowest BCUT2D eigenvalue weighted by Crippen LogP contribution is -2.27. The highest BCUT2D eigenvalue weighted by molar-refractivity contribution is 9.10. The van der Waals surface area contributed by atoms with Gasteiger partial charge in [-0.1, -0.05) is 27.5 Å². The van der Waals surface area contributed by atoms with Gasteiger partial charge < -0.3 is 15.6 Å². The van der Waals surface area contributed by atoms with E-state index in [1.54, 1.807) is 29.8 Å². The van der Waals surface area contributed by atoms with Crippen molar-refractivity contribution >= 4 is 55.8 Å². The Balaban J connectivity index is 2.09. The third-order valence-corrected chi connectivity index (χ3v) is 4.59. The molecule has 0 aliphatic carbocycles. The van der Waals surface area contributed by atoms with Gasteiger partial charge in [-0.2, -0.15) is 0 Å². The summed E-state index contributed by atoms with van der Waals surface area (Å²) in [6, 6.07) is 6.60. The number of hydroxylamine groups is 1. The van der Waals surface area contributed by atoms with E-state index < -0.39 is 11.7 Å². The van der Waals surface area contributed by atoms with Crippen LogP contribution in [0.4, 0.5) is 15.8 Å². The number of fused-ring (bicyclic) bond motifs is 1. The number of imidazole rings is 1. The van der Waals surface area contributed by atoms with E-state index in [1.807, 2.05) is 0 Å². The fraction of sp³-hybridized carbons (Fsp3) is 0.176. The topological polar surface area (TPSA) is 94.2 Å². The van der Waals surface area contributed by atoms with Crippen LogP contribution < -0.4 is 16.5 Å². The van der Waals surface area contributed by atoms with E-state index >= 15 is 4.39 Å².